The normalized spacial score (nSPS) is 18.1. The summed E-state index contributed by atoms with van der Waals surface area (Å²) in [6.45, 7) is 4.11. The minimum absolute atomic E-state index is 0.0777. The van der Waals surface area contributed by atoms with Gasteiger partial charge in [0.2, 0.25) is 0 Å². The molecule has 2 aromatic carbocycles. The van der Waals surface area contributed by atoms with Crippen LogP contribution in [-0.4, -0.2) is 14.7 Å². The molecule has 3 heterocycles. The summed E-state index contributed by atoms with van der Waals surface area (Å²) in [4.78, 5) is 6.85. The van der Waals surface area contributed by atoms with E-state index in [2.05, 4.69) is 75.4 Å². The Hall–Kier alpha value is -3.15. The summed E-state index contributed by atoms with van der Waals surface area (Å²) in [6.07, 6.45) is 3.91. The van der Waals surface area contributed by atoms with Crippen LogP contribution in [0.2, 0.25) is 5.02 Å². The fourth-order valence-electron chi connectivity index (χ4n) is 4.29. The smallest absolute Gasteiger partial charge is 0.174 e. The third-order valence-electron chi connectivity index (χ3n) is 5.91. The van der Waals surface area contributed by atoms with Gasteiger partial charge in [0, 0.05) is 34.5 Å². The summed E-state index contributed by atoms with van der Waals surface area (Å²) in [5.74, 6) is 0. The number of aryl methyl sites for hydroxylation is 2. The maximum Gasteiger partial charge on any atom is 0.174 e. The minimum atomic E-state index is -0.0907. The summed E-state index contributed by atoms with van der Waals surface area (Å²) in [5.41, 5.74) is 6.44. The molecule has 0 bridgehead atoms. The number of nitrogens with zero attached hydrogens (tertiary/aromatic N) is 3. The van der Waals surface area contributed by atoms with Gasteiger partial charge in [0.15, 0.2) is 5.11 Å². The Morgan fingerprint density at radius 2 is 1.72 bits per heavy atom. The molecule has 1 fully saturated rings. The third-order valence-corrected chi connectivity index (χ3v) is 6.65. The molecule has 1 aliphatic heterocycles. The monoisotopic (exact) mass is 458 g/mol. The van der Waals surface area contributed by atoms with Crippen molar-refractivity contribution in [1.29, 1.82) is 0 Å². The first-order chi connectivity index (χ1) is 15.5. The van der Waals surface area contributed by atoms with E-state index in [0.29, 0.717) is 5.11 Å². The van der Waals surface area contributed by atoms with E-state index < -0.39 is 0 Å². The van der Waals surface area contributed by atoms with Gasteiger partial charge in [0.05, 0.1) is 11.7 Å². The number of aromatic nitrogens is 2. The Morgan fingerprint density at radius 1 is 0.938 bits per heavy atom. The largest absolute Gasteiger partial charge is 0.351 e. The number of anilines is 1. The van der Waals surface area contributed by atoms with Crippen LogP contribution in [0.15, 0.2) is 85.2 Å². The van der Waals surface area contributed by atoms with Crippen molar-refractivity contribution in [2.45, 2.75) is 25.9 Å². The number of nitrogens with one attached hydrogen (secondary N) is 1. The number of halogens is 1. The van der Waals surface area contributed by atoms with Crippen molar-refractivity contribution < 1.29 is 0 Å². The van der Waals surface area contributed by atoms with E-state index in [9.17, 15) is 0 Å². The van der Waals surface area contributed by atoms with Gasteiger partial charge in [-0.05, 0) is 86.2 Å². The maximum absolute atomic E-state index is 6.29. The first-order valence-corrected chi connectivity index (χ1v) is 11.3. The number of pyridine rings is 1. The average molecular weight is 459 g/mol. The van der Waals surface area contributed by atoms with Crippen LogP contribution in [0.3, 0.4) is 0 Å². The number of hydrogen-bond acceptors (Lipinski definition) is 2. The number of thiocarbonyl (C=S) groups is 1. The molecule has 4 nitrogen and oxygen atoms in total. The third kappa shape index (κ3) is 3.68. The highest BCUT2D eigenvalue weighted by Gasteiger charge is 2.42. The molecule has 2 atom stereocenters. The SMILES string of the molecule is Cc1ccc(N2C(=S)N[C@@H](c3ccccn3)[C@H]2c2cccn2-c2ccc(Cl)c(C)c2)cc1. The summed E-state index contributed by atoms with van der Waals surface area (Å²) in [5, 5.41) is 4.98. The first kappa shape index (κ1) is 20.7. The summed E-state index contributed by atoms with van der Waals surface area (Å²) in [7, 11) is 0. The van der Waals surface area contributed by atoms with E-state index in [1.54, 1.807) is 0 Å². The first-order valence-electron chi connectivity index (χ1n) is 10.5. The van der Waals surface area contributed by atoms with Crippen LogP contribution in [0.5, 0.6) is 0 Å². The quantitative estimate of drug-likeness (QED) is 0.363. The highest BCUT2D eigenvalue weighted by molar-refractivity contribution is 7.80. The van der Waals surface area contributed by atoms with Crippen LogP contribution in [0.1, 0.15) is 34.6 Å². The molecule has 1 saturated heterocycles. The predicted molar refractivity (Wildman–Crippen MR) is 135 cm³/mol. The molecule has 0 aliphatic carbocycles. The second-order valence-electron chi connectivity index (χ2n) is 8.07. The van der Waals surface area contributed by atoms with Gasteiger partial charge in [-0.3, -0.25) is 4.98 Å². The standard InChI is InChI=1S/C26H23ClN4S/c1-17-8-10-19(11-9-17)31-25(24(29-26(31)32)22-6-3-4-14-28-22)23-7-5-15-30(23)20-12-13-21(27)18(2)16-20/h3-16,24-25H,1-2H3,(H,29,32)/t24-,25+/m0/s1. The summed E-state index contributed by atoms with van der Waals surface area (Å²) >= 11 is 12.1. The zero-order valence-corrected chi connectivity index (χ0v) is 19.4. The molecule has 6 heteroatoms. The molecule has 160 valence electrons. The Bertz CT molecular complexity index is 1270. The van der Waals surface area contributed by atoms with Gasteiger partial charge in [-0.15, -0.1) is 0 Å². The van der Waals surface area contributed by atoms with Crippen LogP contribution in [-0.2, 0) is 0 Å². The minimum Gasteiger partial charge on any atom is -0.351 e. The van der Waals surface area contributed by atoms with Crippen molar-refractivity contribution >= 4 is 34.6 Å². The van der Waals surface area contributed by atoms with Gasteiger partial charge >= 0.3 is 0 Å². The lowest BCUT2D eigenvalue weighted by Crippen LogP contribution is -2.30. The van der Waals surface area contributed by atoms with E-state index in [4.69, 9.17) is 23.8 Å². The Morgan fingerprint density at radius 3 is 2.44 bits per heavy atom. The second kappa shape index (κ2) is 8.41. The fraction of sp³-hybridized carbons (Fsp3) is 0.154. The number of rotatable bonds is 4. The molecule has 2 aromatic heterocycles. The molecule has 0 saturated carbocycles. The van der Waals surface area contributed by atoms with Gasteiger partial charge in [-0.25, -0.2) is 0 Å². The lowest BCUT2D eigenvalue weighted by Gasteiger charge is -2.29. The van der Waals surface area contributed by atoms with Crippen LogP contribution >= 0.6 is 23.8 Å². The van der Waals surface area contributed by atoms with Crippen molar-refractivity contribution in [3.8, 4) is 5.69 Å². The van der Waals surface area contributed by atoms with E-state index >= 15 is 0 Å². The molecular weight excluding hydrogens is 436 g/mol. The van der Waals surface area contributed by atoms with Gasteiger partial charge in [0.25, 0.3) is 0 Å². The molecule has 0 unspecified atom stereocenters. The highest BCUT2D eigenvalue weighted by atomic mass is 35.5. The summed E-state index contributed by atoms with van der Waals surface area (Å²) < 4.78 is 2.21. The molecule has 0 radical (unpaired) electrons. The molecule has 1 aliphatic rings. The van der Waals surface area contributed by atoms with Gasteiger partial charge < -0.3 is 14.8 Å². The van der Waals surface area contributed by atoms with E-state index in [0.717, 1.165) is 33.3 Å². The average Bonchev–Trinajstić information content (AvgIpc) is 3.41. The van der Waals surface area contributed by atoms with Crippen LogP contribution < -0.4 is 10.2 Å². The molecule has 4 aromatic rings. The van der Waals surface area contributed by atoms with Gasteiger partial charge in [-0.1, -0.05) is 35.4 Å². The molecule has 0 spiro atoms. The lowest BCUT2D eigenvalue weighted by molar-refractivity contribution is 0.549. The second-order valence-corrected chi connectivity index (χ2v) is 8.86. The molecule has 32 heavy (non-hydrogen) atoms. The number of hydrogen-bond donors (Lipinski definition) is 1. The Balaban J connectivity index is 1.67. The zero-order valence-electron chi connectivity index (χ0n) is 17.9. The Kier molecular flexibility index (Phi) is 5.45. The van der Waals surface area contributed by atoms with Crippen LogP contribution in [0.4, 0.5) is 5.69 Å². The van der Waals surface area contributed by atoms with Gasteiger partial charge in [0.1, 0.15) is 6.04 Å². The molecular formula is C26H23ClN4S. The van der Waals surface area contributed by atoms with Crippen molar-refractivity contribution in [3.05, 3.63) is 113 Å². The van der Waals surface area contributed by atoms with E-state index in [1.807, 2.05) is 43.5 Å². The lowest BCUT2D eigenvalue weighted by atomic mass is 10.0. The topological polar surface area (TPSA) is 33.1 Å². The van der Waals surface area contributed by atoms with Crippen molar-refractivity contribution in [2.75, 3.05) is 4.90 Å². The Labute approximate surface area is 198 Å². The molecule has 1 N–H and O–H groups in total. The van der Waals surface area contributed by atoms with Gasteiger partial charge in [-0.2, -0.15) is 0 Å². The predicted octanol–water partition coefficient (Wildman–Crippen LogP) is 6.32. The van der Waals surface area contributed by atoms with E-state index in [-0.39, 0.29) is 12.1 Å². The van der Waals surface area contributed by atoms with Crippen molar-refractivity contribution in [2.24, 2.45) is 0 Å². The van der Waals surface area contributed by atoms with Crippen molar-refractivity contribution in [3.63, 3.8) is 0 Å². The van der Waals surface area contributed by atoms with E-state index in [1.165, 1.54) is 5.56 Å². The molecule has 0 amide bonds. The maximum atomic E-state index is 6.29. The number of benzene rings is 2. The summed E-state index contributed by atoms with van der Waals surface area (Å²) in [6, 6.07) is 24.6. The molecule has 5 rings (SSSR count). The van der Waals surface area contributed by atoms with Crippen molar-refractivity contribution in [1.82, 2.24) is 14.9 Å². The van der Waals surface area contributed by atoms with Crippen LogP contribution in [0, 0.1) is 13.8 Å². The fourth-order valence-corrected chi connectivity index (χ4v) is 4.75. The zero-order chi connectivity index (χ0) is 22.2. The van der Waals surface area contributed by atoms with Crippen LogP contribution in [0.25, 0.3) is 5.69 Å². The highest BCUT2D eigenvalue weighted by Crippen LogP contribution is 2.42.